The number of rotatable bonds is 6. The van der Waals surface area contributed by atoms with Crippen molar-refractivity contribution in [1.82, 2.24) is 0 Å². The molecule has 0 spiro atoms. The monoisotopic (exact) mass is 392 g/mol. The summed E-state index contributed by atoms with van der Waals surface area (Å²) in [5.41, 5.74) is 1.73. The maximum atomic E-state index is 13.3. The summed E-state index contributed by atoms with van der Waals surface area (Å²) in [6, 6.07) is 8.80. The van der Waals surface area contributed by atoms with E-state index in [1.807, 2.05) is 6.07 Å². The summed E-state index contributed by atoms with van der Waals surface area (Å²) >= 11 is 0. The minimum absolute atomic E-state index is 0.235. The number of nitro benzene ring substituents is 1. The maximum Gasteiger partial charge on any atom is 0.326 e. The number of carbonyl (C=O) groups excluding carboxylic acids is 1. The predicted molar refractivity (Wildman–Crippen MR) is 100 cm³/mol. The van der Waals surface area contributed by atoms with Crippen molar-refractivity contribution in [3.8, 4) is 0 Å². The van der Waals surface area contributed by atoms with Crippen molar-refractivity contribution in [2.24, 2.45) is 0 Å². The number of nitro groups is 1. The summed E-state index contributed by atoms with van der Waals surface area (Å²) in [5, 5.41) is 11.1. The number of anilines is 1. The average molecular weight is 392 g/mol. The summed E-state index contributed by atoms with van der Waals surface area (Å²) in [6.07, 6.45) is 0. The molecule has 8 nitrogen and oxygen atoms in total. The highest BCUT2D eigenvalue weighted by atomic mass is 32.2. The number of esters is 1. The number of nitrogens with zero attached hydrogens (tertiary/aromatic N) is 2. The number of non-ortho nitro benzene ring substituents is 1. The van der Waals surface area contributed by atoms with Gasteiger partial charge in [-0.2, -0.15) is 0 Å². The molecule has 0 aliphatic heterocycles. The second-order valence-electron chi connectivity index (χ2n) is 6.08. The fraction of sp³-hybridized carbons (Fsp3) is 0.278. The van der Waals surface area contributed by atoms with Gasteiger partial charge in [-0.15, -0.1) is 0 Å². The molecule has 0 atom stereocenters. The summed E-state index contributed by atoms with van der Waals surface area (Å²) in [6.45, 7) is 4.50. The first kappa shape index (κ1) is 20.4. The molecule has 0 unspecified atom stereocenters. The van der Waals surface area contributed by atoms with Gasteiger partial charge in [-0.25, -0.2) is 8.42 Å². The Bertz CT molecular complexity index is 1000. The maximum absolute atomic E-state index is 13.3. The third kappa shape index (κ3) is 4.25. The van der Waals surface area contributed by atoms with E-state index in [0.29, 0.717) is 16.8 Å². The van der Waals surface area contributed by atoms with Crippen molar-refractivity contribution < 1.29 is 22.9 Å². The van der Waals surface area contributed by atoms with Crippen molar-refractivity contribution in [1.29, 1.82) is 0 Å². The first-order chi connectivity index (χ1) is 12.6. The van der Waals surface area contributed by atoms with Crippen molar-refractivity contribution in [3.63, 3.8) is 0 Å². The van der Waals surface area contributed by atoms with Crippen LogP contribution in [-0.2, 0) is 19.6 Å². The topological polar surface area (TPSA) is 107 Å². The molecule has 0 aliphatic carbocycles. The number of carbonyl (C=O) groups is 1. The van der Waals surface area contributed by atoms with E-state index in [4.69, 9.17) is 0 Å². The number of hydrogen-bond acceptors (Lipinski definition) is 6. The molecule has 0 fully saturated rings. The van der Waals surface area contributed by atoms with Gasteiger partial charge >= 0.3 is 5.97 Å². The Labute approximate surface area is 157 Å². The van der Waals surface area contributed by atoms with Crippen LogP contribution < -0.4 is 4.31 Å². The number of ether oxygens (including phenoxy) is 1. The van der Waals surface area contributed by atoms with Crippen LogP contribution in [-0.4, -0.2) is 33.0 Å². The molecule has 0 heterocycles. The Balaban J connectivity index is 2.71. The van der Waals surface area contributed by atoms with Gasteiger partial charge in [-0.1, -0.05) is 18.2 Å². The van der Waals surface area contributed by atoms with Crippen molar-refractivity contribution in [2.45, 2.75) is 25.7 Å². The van der Waals surface area contributed by atoms with Crippen LogP contribution in [0.4, 0.5) is 11.4 Å². The fourth-order valence-electron chi connectivity index (χ4n) is 2.57. The van der Waals surface area contributed by atoms with Gasteiger partial charge in [0.05, 0.1) is 22.6 Å². The minimum Gasteiger partial charge on any atom is -0.468 e. The first-order valence-electron chi connectivity index (χ1n) is 7.99. The Kier molecular flexibility index (Phi) is 5.85. The molecule has 0 radical (unpaired) electrons. The molecule has 0 amide bonds. The number of aryl methyl sites for hydroxylation is 3. The Morgan fingerprint density at radius 3 is 2.33 bits per heavy atom. The van der Waals surface area contributed by atoms with Crippen LogP contribution >= 0.6 is 0 Å². The molecule has 9 heteroatoms. The smallest absolute Gasteiger partial charge is 0.326 e. The third-order valence-corrected chi connectivity index (χ3v) is 5.99. The van der Waals surface area contributed by atoms with E-state index >= 15 is 0 Å². The molecular formula is C18H20N2O6S. The zero-order valence-corrected chi connectivity index (χ0v) is 16.2. The Hall–Kier alpha value is -2.94. The van der Waals surface area contributed by atoms with Crippen LogP contribution in [0.3, 0.4) is 0 Å². The summed E-state index contributed by atoms with van der Waals surface area (Å²) < 4.78 is 32.2. The largest absolute Gasteiger partial charge is 0.468 e. The quantitative estimate of drug-likeness (QED) is 0.425. The van der Waals surface area contributed by atoms with Crippen LogP contribution in [0.2, 0.25) is 0 Å². The predicted octanol–water partition coefficient (Wildman–Crippen LogP) is 2.89. The van der Waals surface area contributed by atoms with Crippen LogP contribution in [0.15, 0.2) is 41.3 Å². The molecule has 2 rings (SSSR count). The lowest BCUT2D eigenvalue weighted by molar-refractivity contribution is -0.385. The van der Waals surface area contributed by atoms with E-state index in [0.717, 1.165) is 23.0 Å². The SMILES string of the molecule is COC(=O)CN(c1cc(C)ccc1C)S(=O)(=O)c1cc([N+](=O)[O-])ccc1C. The van der Waals surface area contributed by atoms with E-state index in [9.17, 15) is 23.3 Å². The second kappa shape index (κ2) is 7.75. The van der Waals surface area contributed by atoms with Crippen molar-refractivity contribution in [3.05, 3.63) is 63.2 Å². The van der Waals surface area contributed by atoms with Gasteiger partial charge in [0.1, 0.15) is 6.54 Å². The Morgan fingerprint density at radius 2 is 1.74 bits per heavy atom. The molecule has 2 aromatic carbocycles. The van der Waals surface area contributed by atoms with Gasteiger partial charge in [-0.05, 0) is 43.5 Å². The highest BCUT2D eigenvalue weighted by Gasteiger charge is 2.31. The van der Waals surface area contributed by atoms with Crippen LogP contribution in [0.5, 0.6) is 0 Å². The molecule has 0 saturated heterocycles. The standard InChI is InChI=1S/C18H20N2O6S/c1-12-5-6-13(2)16(9-12)19(11-18(21)26-4)27(24,25)17-10-15(20(22)23)8-7-14(17)3/h5-10H,11H2,1-4H3. The van der Waals surface area contributed by atoms with Crippen LogP contribution in [0.1, 0.15) is 16.7 Å². The highest BCUT2D eigenvalue weighted by Crippen LogP contribution is 2.31. The summed E-state index contributed by atoms with van der Waals surface area (Å²) in [5.74, 6) is -0.748. The van der Waals surface area contributed by atoms with E-state index < -0.39 is 27.5 Å². The number of methoxy groups -OCH3 is 1. The molecule has 144 valence electrons. The highest BCUT2D eigenvalue weighted by molar-refractivity contribution is 7.93. The van der Waals surface area contributed by atoms with Gasteiger partial charge in [0.25, 0.3) is 15.7 Å². The molecule has 0 aromatic heterocycles. The molecule has 0 bridgehead atoms. The Morgan fingerprint density at radius 1 is 1.11 bits per heavy atom. The van der Waals surface area contributed by atoms with Gasteiger partial charge in [0.15, 0.2) is 0 Å². The van der Waals surface area contributed by atoms with E-state index in [1.54, 1.807) is 26.0 Å². The molecule has 0 N–H and O–H groups in total. The minimum atomic E-state index is -4.26. The lowest BCUT2D eigenvalue weighted by atomic mass is 10.1. The zero-order chi connectivity index (χ0) is 20.4. The number of hydrogen-bond donors (Lipinski definition) is 0. The lowest BCUT2D eigenvalue weighted by Crippen LogP contribution is -2.37. The van der Waals surface area contributed by atoms with Crippen molar-refractivity contribution >= 4 is 27.4 Å². The average Bonchev–Trinajstić information content (AvgIpc) is 2.61. The number of sulfonamides is 1. The van der Waals surface area contributed by atoms with Crippen LogP contribution in [0, 0.1) is 30.9 Å². The molecule has 27 heavy (non-hydrogen) atoms. The first-order valence-corrected chi connectivity index (χ1v) is 9.43. The van der Waals surface area contributed by atoms with Crippen molar-refractivity contribution in [2.75, 3.05) is 18.0 Å². The third-order valence-electron chi connectivity index (χ3n) is 4.08. The van der Waals surface area contributed by atoms with Gasteiger partial charge in [0, 0.05) is 12.1 Å². The van der Waals surface area contributed by atoms with E-state index in [1.165, 1.54) is 19.1 Å². The van der Waals surface area contributed by atoms with Gasteiger partial charge in [-0.3, -0.25) is 19.2 Å². The zero-order valence-electron chi connectivity index (χ0n) is 15.4. The van der Waals surface area contributed by atoms with Gasteiger partial charge < -0.3 is 4.74 Å². The summed E-state index contributed by atoms with van der Waals surface area (Å²) in [7, 11) is -3.10. The van der Waals surface area contributed by atoms with E-state index in [2.05, 4.69) is 4.74 Å². The molecule has 0 aliphatic rings. The second-order valence-corrected chi connectivity index (χ2v) is 7.92. The number of benzene rings is 2. The molecule has 2 aromatic rings. The lowest BCUT2D eigenvalue weighted by Gasteiger charge is -2.26. The molecule has 0 saturated carbocycles. The fourth-order valence-corrected chi connectivity index (χ4v) is 4.28. The van der Waals surface area contributed by atoms with Crippen LogP contribution in [0.25, 0.3) is 0 Å². The normalized spacial score (nSPS) is 11.1. The molecular weight excluding hydrogens is 372 g/mol. The summed E-state index contributed by atoms with van der Waals surface area (Å²) in [4.78, 5) is 22.1. The van der Waals surface area contributed by atoms with E-state index in [-0.39, 0.29) is 10.6 Å². The van der Waals surface area contributed by atoms with Gasteiger partial charge in [0.2, 0.25) is 0 Å².